The Balaban J connectivity index is 1.84. The molecule has 0 aromatic heterocycles. The van der Waals surface area contributed by atoms with Crippen molar-refractivity contribution in [2.75, 3.05) is 26.7 Å². The number of methoxy groups -OCH3 is 1. The third-order valence-corrected chi connectivity index (χ3v) is 4.38. The summed E-state index contributed by atoms with van der Waals surface area (Å²) in [6, 6.07) is 17.8. The number of ether oxygens (including phenoxy) is 1. The first-order valence-electron chi connectivity index (χ1n) is 9.48. The Kier molecular flexibility index (Phi) is 8.14. The van der Waals surface area contributed by atoms with E-state index in [0.717, 1.165) is 43.2 Å². The number of benzene rings is 2. The highest BCUT2D eigenvalue weighted by atomic mass is 16.5. The number of hydrogen-bond donors (Lipinski definition) is 3. The van der Waals surface area contributed by atoms with E-state index in [1.54, 1.807) is 14.0 Å². The second kappa shape index (κ2) is 10.6. The Labute approximate surface area is 162 Å². The average Bonchev–Trinajstić information content (AvgIpc) is 2.70. The first-order valence-corrected chi connectivity index (χ1v) is 9.48. The van der Waals surface area contributed by atoms with E-state index in [2.05, 4.69) is 27.8 Å². The van der Waals surface area contributed by atoms with Gasteiger partial charge in [0.15, 0.2) is 5.96 Å². The van der Waals surface area contributed by atoms with Crippen LogP contribution in [-0.2, 0) is 12.0 Å². The molecule has 0 saturated heterocycles. The summed E-state index contributed by atoms with van der Waals surface area (Å²) in [5.74, 6) is 1.60. The highest BCUT2D eigenvalue weighted by Gasteiger charge is 2.22. The molecule has 5 heteroatoms. The fourth-order valence-corrected chi connectivity index (χ4v) is 2.75. The van der Waals surface area contributed by atoms with E-state index in [4.69, 9.17) is 4.74 Å². The van der Waals surface area contributed by atoms with Crippen LogP contribution in [0.1, 0.15) is 31.4 Å². The van der Waals surface area contributed by atoms with Crippen LogP contribution in [0.2, 0.25) is 0 Å². The molecule has 0 aliphatic heterocycles. The Hall–Kier alpha value is -2.53. The molecule has 146 valence electrons. The predicted octanol–water partition coefficient (Wildman–Crippen LogP) is 3.09. The van der Waals surface area contributed by atoms with Crippen LogP contribution in [0.5, 0.6) is 5.75 Å². The second-order valence-electron chi connectivity index (χ2n) is 6.71. The number of nitrogens with one attached hydrogen (secondary N) is 2. The first-order chi connectivity index (χ1) is 13.0. The van der Waals surface area contributed by atoms with Crippen LogP contribution in [0.25, 0.3) is 0 Å². The molecule has 0 radical (unpaired) electrons. The van der Waals surface area contributed by atoms with Crippen LogP contribution in [0.3, 0.4) is 0 Å². The third kappa shape index (κ3) is 6.94. The van der Waals surface area contributed by atoms with Gasteiger partial charge in [-0.25, -0.2) is 4.99 Å². The Morgan fingerprint density at radius 3 is 2.41 bits per heavy atom. The van der Waals surface area contributed by atoms with E-state index < -0.39 is 5.60 Å². The number of rotatable bonds is 9. The van der Waals surface area contributed by atoms with Gasteiger partial charge in [0, 0.05) is 13.1 Å². The van der Waals surface area contributed by atoms with Gasteiger partial charge in [-0.1, -0.05) is 42.5 Å². The van der Waals surface area contributed by atoms with Gasteiger partial charge in [-0.2, -0.15) is 0 Å². The molecule has 0 bridgehead atoms. The molecular weight excluding hydrogens is 338 g/mol. The summed E-state index contributed by atoms with van der Waals surface area (Å²) in [5.41, 5.74) is 1.16. The average molecular weight is 370 g/mol. The summed E-state index contributed by atoms with van der Waals surface area (Å²) in [7, 11) is 1.68. The summed E-state index contributed by atoms with van der Waals surface area (Å²) >= 11 is 0. The zero-order valence-corrected chi connectivity index (χ0v) is 16.5. The fraction of sp³-hybridized carbons (Fsp3) is 0.409. The van der Waals surface area contributed by atoms with E-state index in [-0.39, 0.29) is 0 Å². The fourth-order valence-electron chi connectivity index (χ4n) is 2.75. The lowest BCUT2D eigenvalue weighted by molar-refractivity contribution is 0.0672. The van der Waals surface area contributed by atoms with Gasteiger partial charge in [0.2, 0.25) is 0 Å². The van der Waals surface area contributed by atoms with Crippen LogP contribution in [-0.4, -0.2) is 37.8 Å². The summed E-state index contributed by atoms with van der Waals surface area (Å²) in [5, 5.41) is 17.3. The summed E-state index contributed by atoms with van der Waals surface area (Å²) in [4.78, 5) is 4.56. The van der Waals surface area contributed by atoms with Crippen LogP contribution in [0, 0.1) is 0 Å². The van der Waals surface area contributed by atoms with E-state index in [9.17, 15) is 5.11 Å². The number of aryl methyl sites for hydroxylation is 1. The van der Waals surface area contributed by atoms with Crippen molar-refractivity contribution in [2.45, 2.75) is 32.3 Å². The number of guanidine groups is 1. The minimum absolute atomic E-state index is 0.296. The van der Waals surface area contributed by atoms with Crippen molar-refractivity contribution in [3.8, 4) is 5.75 Å². The second-order valence-corrected chi connectivity index (χ2v) is 6.71. The molecule has 0 saturated carbocycles. The van der Waals surface area contributed by atoms with Gasteiger partial charge in [-0.3, -0.25) is 0 Å². The molecule has 2 aromatic rings. The van der Waals surface area contributed by atoms with Crippen molar-refractivity contribution in [1.29, 1.82) is 0 Å². The molecule has 0 amide bonds. The summed E-state index contributed by atoms with van der Waals surface area (Å²) in [6.07, 6.45) is 1.98. The van der Waals surface area contributed by atoms with Gasteiger partial charge < -0.3 is 20.5 Å². The van der Waals surface area contributed by atoms with Crippen molar-refractivity contribution < 1.29 is 9.84 Å². The summed E-state index contributed by atoms with van der Waals surface area (Å²) < 4.78 is 5.18. The SMILES string of the molecule is CCNC(=NCC(C)(O)c1ccccc1)NCCCc1ccc(OC)cc1. The van der Waals surface area contributed by atoms with Gasteiger partial charge >= 0.3 is 0 Å². The molecule has 2 aromatic carbocycles. The summed E-state index contributed by atoms with van der Waals surface area (Å²) in [6.45, 7) is 5.71. The van der Waals surface area contributed by atoms with Crippen molar-refractivity contribution in [3.63, 3.8) is 0 Å². The van der Waals surface area contributed by atoms with Crippen LogP contribution >= 0.6 is 0 Å². The van der Waals surface area contributed by atoms with Crippen molar-refractivity contribution >= 4 is 5.96 Å². The Morgan fingerprint density at radius 2 is 1.78 bits per heavy atom. The number of aliphatic hydroxyl groups is 1. The number of aliphatic imine (C=N–C) groups is 1. The topological polar surface area (TPSA) is 65.9 Å². The lowest BCUT2D eigenvalue weighted by atomic mass is 9.96. The lowest BCUT2D eigenvalue weighted by Crippen LogP contribution is -2.39. The molecule has 2 rings (SSSR count). The zero-order chi connectivity index (χ0) is 19.5. The molecular formula is C22H31N3O2. The molecule has 0 aliphatic rings. The molecule has 0 aliphatic carbocycles. The quantitative estimate of drug-likeness (QED) is 0.361. The lowest BCUT2D eigenvalue weighted by Gasteiger charge is -2.22. The van der Waals surface area contributed by atoms with Gasteiger partial charge in [0.25, 0.3) is 0 Å². The molecule has 0 spiro atoms. The van der Waals surface area contributed by atoms with Crippen LogP contribution in [0.15, 0.2) is 59.6 Å². The molecule has 27 heavy (non-hydrogen) atoms. The highest BCUT2D eigenvalue weighted by Crippen LogP contribution is 2.20. The Morgan fingerprint density at radius 1 is 1.07 bits per heavy atom. The minimum Gasteiger partial charge on any atom is -0.497 e. The van der Waals surface area contributed by atoms with Crippen molar-refractivity contribution in [3.05, 3.63) is 65.7 Å². The normalized spacial score (nSPS) is 13.7. The maximum atomic E-state index is 10.7. The van der Waals surface area contributed by atoms with Gasteiger partial charge in [0.05, 0.1) is 13.7 Å². The molecule has 1 unspecified atom stereocenters. The third-order valence-electron chi connectivity index (χ3n) is 4.38. The number of hydrogen-bond acceptors (Lipinski definition) is 3. The van der Waals surface area contributed by atoms with Crippen LogP contribution < -0.4 is 15.4 Å². The van der Waals surface area contributed by atoms with Gasteiger partial charge in [0.1, 0.15) is 11.4 Å². The van der Waals surface area contributed by atoms with Crippen molar-refractivity contribution in [2.24, 2.45) is 4.99 Å². The van der Waals surface area contributed by atoms with E-state index in [0.29, 0.717) is 6.54 Å². The van der Waals surface area contributed by atoms with E-state index >= 15 is 0 Å². The first kappa shape index (κ1) is 20.8. The molecule has 5 nitrogen and oxygen atoms in total. The Bertz CT molecular complexity index is 697. The monoisotopic (exact) mass is 369 g/mol. The minimum atomic E-state index is -0.993. The van der Waals surface area contributed by atoms with Gasteiger partial charge in [-0.15, -0.1) is 0 Å². The molecule has 0 heterocycles. The van der Waals surface area contributed by atoms with Crippen LogP contribution in [0.4, 0.5) is 0 Å². The molecule has 1 atom stereocenters. The zero-order valence-electron chi connectivity index (χ0n) is 16.5. The van der Waals surface area contributed by atoms with Gasteiger partial charge in [-0.05, 0) is 49.9 Å². The standard InChI is InChI=1S/C22H31N3O2/c1-4-23-21(25-17-22(2,26)19-10-6-5-7-11-19)24-16-8-9-18-12-14-20(27-3)15-13-18/h5-7,10-15,26H,4,8-9,16-17H2,1-3H3,(H2,23,24,25). The predicted molar refractivity (Wildman–Crippen MR) is 111 cm³/mol. The highest BCUT2D eigenvalue weighted by molar-refractivity contribution is 5.79. The van der Waals surface area contributed by atoms with E-state index in [1.165, 1.54) is 5.56 Å². The van der Waals surface area contributed by atoms with Crippen molar-refractivity contribution in [1.82, 2.24) is 10.6 Å². The maximum absolute atomic E-state index is 10.7. The number of nitrogens with zero attached hydrogens (tertiary/aromatic N) is 1. The molecule has 3 N–H and O–H groups in total. The largest absolute Gasteiger partial charge is 0.497 e. The van der Waals surface area contributed by atoms with E-state index in [1.807, 2.05) is 49.4 Å². The smallest absolute Gasteiger partial charge is 0.191 e. The maximum Gasteiger partial charge on any atom is 0.191 e. The molecule has 0 fully saturated rings.